The number of hydrogen-bond donors (Lipinski definition) is 2. The van der Waals surface area contributed by atoms with E-state index < -0.39 is 6.04 Å². The zero-order valence-corrected chi connectivity index (χ0v) is 14.7. The highest BCUT2D eigenvalue weighted by molar-refractivity contribution is 9.10. The van der Waals surface area contributed by atoms with Crippen molar-refractivity contribution in [3.05, 3.63) is 56.7 Å². The van der Waals surface area contributed by atoms with Crippen molar-refractivity contribution >= 4 is 39.1 Å². The summed E-state index contributed by atoms with van der Waals surface area (Å²) >= 11 is 4.73. The van der Waals surface area contributed by atoms with Crippen LogP contribution in [0.15, 0.2) is 46.3 Å². The van der Waals surface area contributed by atoms with Gasteiger partial charge in [-0.05, 0) is 43.0 Å². The second-order valence-corrected chi connectivity index (χ2v) is 6.82. The molecule has 2 atom stereocenters. The summed E-state index contributed by atoms with van der Waals surface area (Å²) in [6.45, 7) is 3.59. The number of amides is 2. The SMILES string of the molecule is CC(NC(=O)c1cccs1)C(=O)NC(C)c1ccc(Br)cc1. The summed E-state index contributed by atoms with van der Waals surface area (Å²) in [5, 5.41) is 7.43. The third kappa shape index (κ3) is 4.42. The molecule has 116 valence electrons. The van der Waals surface area contributed by atoms with Crippen molar-refractivity contribution in [3.63, 3.8) is 0 Å². The van der Waals surface area contributed by atoms with E-state index in [1.54, 1.807) is 19.1 Å². The average Bonchev–Trinajstić information content (AvgIpc) is 3.02. The fourth-order valence-corrected chi connectivity index (χ4v) is 2.81. The largest absolute Gasteiger partial charge is 0.348 e. The van der Waals surface area contributed by atoms with Crippen LogP contribution in [-0.4, -0.2) is 17.9 Å². The van der Waals surface area contributed by atoms with Gasteiger partial charge in [-0.15, -0.1) is 11.3 Å². The highest BCUT2D eigenvalue weighted by atomic mass is 79.9. The topological polar surface area (TPSA) is 58.2 Å². The van der Waals surface area contributed by atoms with Crippen LogP contribution in [0.4, 0.5) is 0 Å². The van der Waals surface area contributed by atoms with Crippen molar-refractivity contribution in [1.82, 2.24) is 10.6 Å². The van der Waals surface area contributed by atoms with Gasteiger partial charge in [-0.2, -0.15) is 0 Å². The monoisotopic (exact) mass is 380 g/mol. The van der Waals surface area contributed by atoms with Gasteiger partial charge < -0.3 is 10.6 Å². The zero-order chi connectivity index (χ0) is 16.1. The maximum Gasteiger partial charge on any atom is 0.261 e. The van der Waals surface area contributed by atoms with Crippen molar-refractivity contribution in [3.8, 4) is 0 Å². The van der Waals surface area contributed by atoms with Gasteiger partial charge in [-0.3, -0.25) is 9.59 Å². The molecule has 22 heavy (non-hydrogen) atoms. The number of nitrogens with one attached hydrogen (secondary N) is 2. The van der Waals surface area contributed by atoms with Crippen molar-refractivity contribution in [2.75, 3.05) is 0 Å². The van der Waals surface area contributed by atoms with Gasteiger partial charge in [0.15, 0.2) is 0 Å². The number of halogens is 1. The number of rotatable bonds is 5. The maximum absolute atomic E-state index is 12.2. The normalized spacial score (nSPS) is 13.2. The van der Waals surface area contributed by atoms with Gasteiger partial charge in [0.05, 0.1) is 10.9 Å². The number of carbonyl (C=O) groups excluding carboxylic acids is 2. The van der Waals surface area contributed by atoms with Gasteiger partial charge >= 0.3 is 0 Å². The van der Waals surface area contributed by atoms with E-state index >= 15 is 0 Å². The molecule has 4 nitrogen and oxygen atoms in total. The molecule has 2 amide bonds. The molecule has 0 bridgehead atoms. The Balaban J connectivity index is 1.90. The molecule has 1 heterocycles. The average molecular weight is 381 g/mol. The van der Waals surface area contributed by atoms with Crippen LogP contribution in [0.2, 0.25) is 0 Å². The van der Waals surface area contributed by atoms with Crippen LogP contribution in [0.5, 0.6) is 0 Å². The van der Waals surface area contributed by atoms with Gasteiger partial charge in [0, 0.05) is 4.47 Å². The van der Waals surface area contributed by atoms with Crippen molar-refractivity contribution < 1.29 is 9.59 Å². The molecule has 1 aromatic carbocycles. The summed E-state index contributed by atoms with van der Waals surface area (Å²) in [5.41, 5.74) is 1.01. The summed E-state index contributed by atoms with van der Waals surface area (Å²) in [6.07, 6.45) is 0. The van der Waals surface area contributed by atoms with Crippen LogP contribution >= 0.6 is 27.3 Å². The van der Waals surface area contributed by atoms with E-state index in [2.05, 4.69) is 26.6 Å². The van der Waals surface area contributed by atoms with Crippen LogP contribution < -0.4 is 10.6 Å². The zero-order valence-electron chi connectivity index (χ0n) is 12.3. The predicted molar refractivity (Wildman–Crippen MR) is 91.9 cm³/mol. The Morgan fingerprint density at radius 2 is 1.77 bits per heavy atom. The first-order valence-corrected chi connectivity index (χ1v) is 8.55. The molecule has 1 aromatic heterocycles. The van der Waals surface area contributed by atoms with Crippen LogP contribution in [0.3, 0.4) is 0 Å². The summed E-state index contributed by atoms with van der Waals surface area (Å²) in [4.78, 5) is 24.7. The molecule has 0 fully saturated rings. The molecule has 0 aliphatic rings. The Bertz CT molecular complexity index is 641. The molecule has 2 N–H and O–H groups in total. The second-order valence-electron chi connectivity index (χ2n) is 4.95. The third-order valence-electron chi connectivity index (χ3n) is 3.21. The highest BCUT2D eigenvalue weighted by Crippen LogP contribution is 2.16. The van der Waals surface area contributed by atoms with Gasteiger partial charge in [0.2, 0.25) is 5.91 Å². The van der Waals surface area contributed by atoms with Gasteiger partial charge in [-0.1, -0.05) is 34.1 Å². The Kier molecular flexibility index (Phi) is 5.74. The molecule has 6 heteroatoms. The molecule has 0 aliphatic heterocycles. The Morgan fingerprint density at radius 1 is 1.09 bits per heavy atom. The van der Waals surface area contributed by atoms with Crippen LogP contribution in [0.1, 0.15) is 35.1 Å². The van der Waals surface area contributed by atoms with E-state index in [0.717, 1.165) is 10.0 Å². The van der Waals surface area contributed by atoms with E-state index in [-0.39, 0.29) is 17.9 Å². The third-order valence-corrected chi connectivity index (χ3v) is 4.61. The van der Waals surface area contributed by atoms with Gasteiger partial charge in [0.1, 0.15) is 6.04 Å². The van der Waals surface area contributed by atoms with E-state index in [1.165, 1.54) is 11.3 Å². The lowest BCUT2D eigenvalue weighted by Gasteiger charge is -2.18. The standard InChI is InChI=1S/C16H17BrN2O2S/c1-10(12-5-7-13(17)8-6-12)18-15(20)11(2)19-16(21)14-4-3-9-22-14/h3-11H,1-2H3,(H,18,20)(H,19,21). The lowest BCUT2D eigenvalue weighted by Crippen LogP contribution is -2.45. The van der Waals surface area contributed by atoms with Crippen LogP contribution in [0, 0.1) is 0 Å². The van der Waals surface area contributed by atoms with Gasteiger partial charge in [0.25, 0.3) is 5.91 Å². The van der Waals surface area contributed by atoms with Crippen molar-refractivity contribution in [2.45, 2.75) is 25.9 Å². The van der Waals surface area contributed by atoms with Crippen molar-refractivity contribution in [2.24, 2.45) is 0 Å². The maximum atomic E-state index is 12.2. The number of benzene rings is 1. The molecule has 2 aromatic rings. The summed E-state index contributed by atoms with van der Waals surface area (Å²) < 4.78 is 0.992. The van der Waals surface area contributed by atoms with E-state index in [9.17, 15) is 9.59 Å². The Labute approximate surface area is 142 Å². The fraction of sp³-hybridized carbons (Fsp3) is 0.250. The minimum Gasteiger partial charge on any atom is -0.348 e. The first kappa shape index (κ1) is 16.7. The molecular formula is C16H17BrN2O2S. The minimum atomic E-state index is -0.590. The molecule has 0 spiro atoms. The summed E-state index contributed by atoms with van der Waals surface area (Å²) in [6, 6.07) is 10.6. The van der Waals surface area contributed by atoms with E-state index in [0.29, 0.717) is 4.88 Å². The van der Waals surface area contributed by atoms with Crippen molar-refractivity contribution in [1.29, 1.82) is 0 Å². The molecule has 0 aliphatic carbocycles. The van der Waals surface area contributed by atoms with Crippen LogP contribution in [-0.2, 0) is 4.79 Å². The lowest BCUT2D eigenvalue weighted by molar-refractivity contribution is -0.123. The lowest BCUT2D eigenvalue weighted by atomic mass is 10.1. The van der Waals surface area contributed by atoms with Crippen LogP contribution in [0.25, 0.3) is 0 Å². The quantitative estimate of drug-likeness (QED) is 0.833. The molecule has 0 radical (unpaired) electrons. The second kappa shape index (κ2) is 7.56. The Morgan fingerprint density at radius 3 is 2.36 bits per heavy atom. The summed E-state index contributed by atoms with van der Waals surface area (Å²) in [7, 11) is 0. The van der Waals surface area contributed by atoms with E-state index in [4.69, 9.17) is 0 Å². The molecular weight excluding hydrogens is 364 g/mol. The Hall–Kier alpha value is -1.66. The molecule has 2 rings (SSSR count). The molecule has 2 unspecified atom stereocenters. The number of carbonyl (C=O) groups is 2. The van der Waals surface area contributed by atoms with Gasteiger partial charge in [-0.25, -0.2) is 0 Å². The first-order chi connectivity index (χ1) is 10.5. The van der Waals surface area contributed by atoms with E-state index in [1.807, 2.05) is 36.6 Å². The number of hydrogen-bond acceptors (Lipinski definition) is 3. The first-order valence-electron chi connectivity index (χ1n) is 6.87. The smallest absolute Gasteiger partial charge is 0.261 e. The minimum absolute atomic E-state index is 0.123. The predicted octanol–water partition coefficient (Wildman–Crippen LogP) is 3.51. The summed E-state index contributed by atoms with van der Waals surface area (Å²) in [5.74, 6) is -0.436. The molecule has 0 saturated carbocycles. The highest BCUT2D eigenvalue weighted by Gasteiger charge is 2.19. The molecule has 0 saturated heterocycles. The number of thiophene rings is 1. The fourth-order valence-electron chi connectivity index (χ4n) is 1.91.